The molecule has 0 bridgehead atoms. The summed E-state index contributed by atoms with van der Waals surface area (Å²) < 4.78 is 10.7. The third kappa shape index (κ3) is 0.968. The van der Waals surface area contributed by atoms with Gasteiger partial charge in [-0.25, -0.2) is 0 Å². The first-order valence-corrected chi connectivity index (χ1v) is 4.23. The van der Waals surface area contributed by atoms with Crippen molar-refractivity contribution in [2.45, 2.75) is 6.42 Å². The fraction of sp³-hybridized carbons (Fsp3) is 0.429. The van der Waals surface area contributed by atoms with Crippen LogP contribution in [0.2, 0.25) is 0 Å². The van der Waals surface area contributed by atoms with Crippen molar-refractivity contribution in [3.05, 3.63) is 10.8 Å². The SMILES string of the molecule is c1scc2c1OCCCO2. The molecule has 0 aromatic carbocycles. The lowest BCUT2D eigenvalue weighted by Crippen LogP contribution is -1.97. The number of ether oxygens (including phenoxy) is 2. The molecule has 2 rings (SSSR count). The quantitative estimate of drug-likeness (QED) is 0.571. The van der Waals surface area contributed by atoms with Crippen molar-refractivity contribution >= 4 is 11.3 Å². The van der Waals surface area contributed by atoms with Crippen LogP contribution in [0.1, 0.15) is 6.42 Å². The molecule has 0 saturated heterocycles. The maximum absolute atomic E-state index is 5.37. The Hall–Kier alpha value is -0.700. The summed E-state index contributed by atoms with van der Waals surface area (Å²) in [7, 11) is 0. The molecule has 1 aliphatic rings. The average molecular weight is 156 g/mol. The lowest BCUT2D eigenvalue weighted by molar-refractivity contribution is 0.297. The van der Waals surface area contributed by atoms with Gasteiger partial charge in [-0.2, -0.15) is 0 Å². The molecule has 10 heavy (non-hydrogen) atoms. The molecule has 3 heteroatoms. The molecule has 0 aliphatic carbocycles. The standard InChI is InChI=1S/C7H8O2S/c1-2-8-6-4-10-5-7(6)9-3-1/h4-5H,1-3H2. The van der Waals surface area contributed by atoms with Crippen LogP contribution in [0.4, 0.5) is 0 Å². The van der Waals surface area contributed by atoms with Crippen molar-refractivity contribution in [1.29, 1.82) is 0 Å². The smallest absolute Gasteiger partial charge is 0.171 e. The Kier molecular flexibility index (Phi) is 1.51. The van der Waals surface area contributed by atoms with E-state index in [-0.39, 0.29) is 0 Å². The van der Waals surface area contributed by atoms with Crippen molar-refractivity contribution in [2.24, 2.45) is 0 Å². The highest BCUT2D eigenvalue weighted by Gasteiger charge is 2.09. The fourth-order valence-corrected chi connectivity index (χ4v) is 1.59. The Morgan fingerprint density at radius 2 is 1.70 bits per heavy atom. The van der Waals surface area contributed by atoms with Crippen LogP contribution in [0.5, 0.6) is 11.5 Å². The highest BCUT2D eigenvalue weighted by molar-refractivity contribution is 7.08. The maximum Gasteiger partial charge on any atom is 0.171 e. The van der Waals surface area contributed by atoms with Gasteiger partial charge in [-0.1, -0.05) is 0 Å². The molecule has 0 fully saturated rings. The Morgan fingerprint density at radius 1 is 1.10 bits per heavy atom. The van der Waals surface area contributed by atoms with Crippen molar-refractivity contribution in [1.82, 2.24) is 0 Å². The zero-order valence-corrected chi connectivity index (χ0v) is 6.32. The zero-order valence-electron chi connectivity index (χ0n) is 5.50. The number of rotatable bonds is 0. The predicted molar refractivity (Wildman–Crippen MR) is 39.9 cm³/mol. The van der Waals surface area contributed by atoms with Crippen LogP contribution in [0, 0.1) is 0 Å². The lowest BCUT2D eigenvalue weighted by Gasteiger charge is -1.97. The normalized spacial score (nSPS) is 16.4. The summed E-state index contributed by atoms with van der Waals surface area (Å²) in [6.07, 6.45) is 0.985. The average Bonchev–Trinajstić information content (AvgIpc) is 2.28. The summed E-state index contributed by atoms with van der Waals surface area (Å²) in [6, 6.07) is 0. The fourth-order valence-electron chi connectivity index (χ4n) is 0.907. The van der Waals surface area contributed by atoms with Crippen molar-refractivity contribution in [3.8, 4) is 11.5 Å². The van der Waals surface area contributed by atoms with Crippen LogP contribution in [0.25, 0.3) is 0 Å². The van der Waals surface area contributed by atoms with Gasteiger partial charge in [-0.3, -0.25) is 0 Å². The third-order valence-corrected chi connectivity index (χ3v) is 2.10. The van der Waals surface area contributed by atoms with Gasteiger partial charge < -0.3 is 9.47 Å². The van der Waals surface area contributed by atoms with Gasteiger partial charge in [0.15, 0.2) is 11.5 Å². The molecule has 0 unspecified atom stereocenters. The van der Waals surface area contributed by atoms with E-state index in [0.717, 1.165) is 31.1 Å². The molecule has 2 heterocycles. The summed E-state index contributed by atoms with van der Waals surface area (Å²) >= 11 is 1.61. The zero-order chi connectivity index (χ0) is 6.81. The second-order valence-electron chi connectivity index (χ2n) is 2.15. The second kappa shape index (κ2) is 2.50. The molecule has 0 N–H and O–H groups in total. The molecule has 54 valence electrons. The Bertz CT molecular complexity index is 199. The van der Waals surface area contributed by atoms with Gasteiger partial charge in [0.05, 0.1) is 13.2 Å². The largest absolute Gasteiger partial charge is 0.489 e. The predicted octanol–water partition coefficient (Wildman–Crippen LogP) is 1.91. The first-order valence-electron chi connectivity index (χ1n) is 3.28. The summed E-state index contributed by atoms with van der Waals surface area (Å²) in [6.45, 7) is 1.56. The van der Waals surface area contributed by atoms with Crippen LogP contribution < -0.4 is 9.47 Å². The van der Waals surface area contributed by atoms with Crippen LogP contribution >= 0.6 is 11.3 Å². The van der Waals surface area contributed by atoms with Crippen LogP contribution in [-0.4, -0.2) is 13.2 Å². The van der Waals surface area contributed by atoms with Gasteiger partial charge >= 0.3 is 0 Å². The number of thiophene rings is 1. The summed E-state index contributed by atoms with van der Waals surface area (Å²) in [5.41, 5.74) is 0. The van der Waals surface area contributed by atoms with Crippen LogP contribution in [-0.2, 0) is 0 Å². The molecular formula is C7H8O2S. The minimum atomic E-state index is 0.781. The molecule has 1 aromatic heterocycles. The first-order chi connectivity index (χ1) is 4.97. The molecule has 2 nitrogen and oxygen atoms in total. The molecule has 0 radical (unpaired) electrons. The minimum Gasteiger partial charge on any atom is -0.489 e. The molecule has 1 aromatic rings. The number of fused-ring (bicyclic) bond motifs is 1. The second-order valence-corrected chi connectivity index (χ2v) is 2.89. The van der Waals surface area contributed by atoms with E-state index < -0.39 is 0 Å². The highest BCUT2D eigenvalue weighted by atomic mass is 32.1. The van der Waals surface area contributed by atoms with Crippen molar-refractivity contribution in [2.75, 3.05) is 13.2 Å². The van der Waals surface area contributed by atoms with Gasteiger partial charge in [-0.05, 0) is 0 Å². The first kappa shape index (κ1) is 6.04. The van der Waals surface area contributed by atoms with Crippen LogP contribution in [0.3, 0.4) is 0 Å². The molecule has 0 spiro atoms. The van der Waals surface area contributed by atoms with E-state index in [1.807, 2.05) is 10.8 Å². The van der Waals surface area contributed by atoms with E-state index in [1.165, 1.54) is 0 Å². The third-order valence-electron chi connectivity index (χ3n) is 1.40. The Labute approximate surface area is 63.4 Å². The van der Waals surface area contributed by atoms with Crippen molar-refractivity contribution < 1.29 is 9.47 Å². The van der Waals surface area contributed by atoms with Gasteiger partial charge in [0.25, 0.3) is 0 Å². The van der Waals surface area contributed by atoms with E-state index in [0.29, 0.717) is 0 Å². The Balaban J connectivity index is 2.28. The summed E-state index contributed by atoms with van der Waals surface area (Å²) in [4.78, 5) is 0. The Morgan fingerprint density at radius 3 is 2.30 bits per heavy atom. The van der Waals surface area contributed by atoms with Gasteiger partial charge in [0.2, 0.25) is 0 Å². The lowest BCUT2D eigenvalue weighted by atomic mass is 10.5. The minimum absolute atomic E-state index is 0.781. The van der Waals surface area contributed by atoms with E-state index >= 15 is 0 Å². The van der Waals surface area contributed by atoms with E-state index in [2.05, 4.69) is 0 Å². The van der Waals surface area contributed by atoms with E-state index in [4.69, 9.17) is 9.47 Å². The number of hydrogen-bond donors (Lipinski definition) is 0. The summed E-state index contributed by atoms with van der Waals surface area (Å²) in [5.74, 6) is 1.81. The monoisotopic (exact) mass is 156 g/mol. The van der Waals surface area contributed by atoms with Crippen LogP contribution in [0.15, 0.2) is 10.8 Å². The number of hydrogen-bond acceptors (Lipinski definition) is 3. The highest BCUT2D eigenvalue weighted by Crippen LogP contribution is 2.32. The van der Waals surface area contributed by atoms with Gasteiger partial charge in [0, 0.05) is 17.2 Å². The van der Waals surface area contributed by atoms with E-state index in [9.17, 15) is 0 Å². The molecule has 0 amide bonds. The van der Waals surface area contributed by atoms with Gasteiger partial charge in [-0.15, -0.1) is 11.3 Å². The van der Waals surface area contributed by atoms with Gasteiger partial charge in [0.1, 0.15) is 0 Å². The maximum atomic E-state index is 5.37. The summed E-state index contributed by atoms with van der Waals surface area (Å²) in [5, 5.41) is 3.95. The molecular weight excluding hydrogens is 148 g/mol. The molecule has 0 atom stereocenters. The van der Waals surface area contributed by atoms with E-state index in [1.54, 1.807) is 11.3 Å². The molecule has 0 saturated carbocycles. The van der Waals surface area contributed by atoms with Crippen molar-refractivity contribution in [3.63, 3.8) is 0 Å². The molecule has 1 aliphatic heterocycles. The topological polar surface area (TPSA) is 18.5 Å².